The van der Waals surface area contributed by atoms with Crippen LogP contribution in [-0.2, 0) is 15.5 Å². The Balaban J connectivity index is 1.88. The first-order valence-electron chi connectivity index (χ1n) is 7.08. The first-order chi connectivity index (χ1) is 10.2. The highest BCUT2D eigenvalue weighted by Crippen LogP contribution is 2.22. The van der Waals surface area contributed by atoms with Gasteiger partial charge in [-0.2, -0.15) is 0 Å². The molecule has 0 unspecified atom stereocenters. The molecule has 8 heteroatoms. The average molecular weight is 346 g/mol. The van der Waals surface area contributed by atoms with E-state index in [-0.39, 0.29) is 17.2 Å². The highest BCUT2D eigenvalue weighted by atomic mass is 35.5. The summed E-state index contributed by atoms with van der Waals surface area (Å²) in [4.78, 5) is 21.4. The van der Waals surface area contributed by atoms with Gasteiger partial charge in [-0.15, -0.1) is 0 Å². The lowest BCUT2D eigenvalue weighted by atomic mass is 10.2. The van der Waals surface area contributed by atoms with Gasteiger partial charge in [-0.3, -0.25) is 4.21 Å². The monoisotopic (exact) mass is 345 g/mol. The number of carbonyl (C=O) groups excluding carboxylic acids is 1. The molecule has 22 heavy (non-hydrogen) atoms. The second-order valence-electron chi connectivity index (χ2n) is 6.27. The predicted octanol–water partition coefficient (Wildman–Crippen LogP) is 2.49. The van der Waals surface area contributed by atoms with Crippen molar-refractivity contribution in [2.24, 2.45) is 5.92 Å². The van der Waals surface area contributed by atoms with Crippen molar-refractivity contribution in [3.05, 3.63) is 17.5 Å². The molecule has 2 rings (SSSR count). The quantitative estimate of drug-likeness (QED) is 0.787. The maximum atomic E-state index is 12.3. The topological polar surface area (TPSA) is 72.4 Å². The van der Waals surface area contributed by atoms with Crippen LogP contribution in [0, 0.1) is 5.92 Å². The van der Waals surface area contributed by atoms with E-state index in [9.17, 15) is 9.00 Å². The maximum absolute atomic E-state index is 12.3. The smallest absolute Gasteiger partial charge is 0.410 e. The number of hydrogen-bond donors (Lipinski definition) is 0. The molecule has 1 fully saturated rings. The summed E-state index contributed by atoms with van der Waals surface area (Å²) < 4.78 is 17.6. The summed E-state index contributed by atoms with van der Waals surface area (Å²) in [7, 11) is -1.25. The molecule has 2 heterocycles. The molecule has 0 bridgehead atoms. The van der Waals surface area contributed by atoms with Crippen LogP contribution in [0.3, 0.4) is 0 Å². The normalized spacial score (nSPS) is 20.0. The fourth-order valence-electron chi connectivity index (χ4n) is 2.20. The second-order valence-corrected chi connectivity index (χ2v) is 8.10. The fraction of sp³-hybridized carbons (Fsp3) is 0.643. The summed E-state index contributed by atoms with van der Waals surface area (Å²) in [5, 5.41) is 0.705. The van der Waals surface area contributed by atoms with Gasteiger partial charge in [0.25, 0.3) is 0 Å². The summed E-state index contributed by atoms with van der Waals surface area (Å²) >= 11 is 5.78. The van der Waals surface area contributed by atoms with Crippen molar-refractivity contribution in [1.29, 1.82) is 0 Å². The third kappa shape index (κ3) is 4.91. The third-order valence-electron chi connectivity index (χ3n) is 3.17. The zero-order chi connectivity index (χ0) is 16.3. The molecule has 0 aromatic carbocycles. The zero-order valence-corrected chi connectivity index (χ0v) is 14.5. The van der Waals surface area contributed by atoms with Crippen LogP contribution in [0.15, 0.2) is 17.4 Å². The Hall–Kier alpha value is -1.21. The maximum Gasteiger partial charge on any atom is 0.410 e. The van der Waals surface area contributed by atoms with Crippen molar-refractivity contribution >= 4 is 28.5 Å². The van der Waals surface area contributed by atoms with Gasteiger partial charge < -0.3 is 9.64 Å². The molecule has 0 spiro atoms. The minimum atomic E-state index is -1.25. The van der Waals surface area contributed by atoms with Crippen LogP contribution in [0.1, 0.15) is 27.2 Å². The van der Waals surface area contributed by atoms with Crippen molar-refractivity contribution < 1.29 is 13.7 Å². The molecule has 1 aromatic heterocycles. The van der Waals surface area contributed by atoms with Gasteiger partial charge in [0, 0.05) is 24.9 Å². The van der Waals surface area contributed by atoms with E-state index in [0.717, 1.165) is 6.42 Å². The van der Waals surface area contributed by atoms with Gasteiger partial charge in [0.1, 0.15) is 22.1 Å². The van der Waals surface area contributed by atoms with E-state index in [4.69, 9.17) is 16.3 Å². The van der Waals surface area contributed by atoms with E-state index >= 15 is 0 Å². The van der Waals surface area contributed by atoms with E-state index in [1.807, 2.05) is 20.8 Å². The van der Waals surface area contributed by atoms with Gasteiger partial charge in [0.15, 0.2) is 0 Å². The SMILES string of the molecule is CC(C)(C)OC(=O)N1CC[C@@H](C[S@](=O)c2cc(Cl)ncn2)C1. The minimum absolute atomic E-state index is 0.169. The summed E-state index contributed by atoms with van der Waals surface area (Å²) in [6.45, 7) is 6.70. The van der Waals surface area contributed by atoms with E-state index in [0.29, 0.717) is 23.9 Å². The summed E-state index contributed by atoms with van der Waals surface area (Å²) in [5.74, 6) is 0.620. The predicted molar refractivity (Wildman–Crippen MR) is 84.2 cm³/mol. The van der Waals surface area contributed by atoms with Gasteiger partial charge in [-0.05, 0) is 33.1 Å². The van der Waals surface area contributed by atoms with Crippen molar-refractivity contribution in [2.75, 3.05) is 18.8 Å². The Morgan fingerprint density at radius 1 is 1.50 bits per heavy atom. The van der Waals surface area contributed by atoms with Crippen LogP contribution in [0.4, 0.5) is 4.79 Å². The van der Waals surface area contributed by atoms with Gasteiger partial charge in [0.05, 0.1) is 10.8 Å². The Kier molecular flexibility index (Phi) is 5.39. The Bertz CT molecular complexity index is 577. The van der Waals surface area contributed by atoms with E-state index < -0.39 is 16.4 Å². The summed E-state index contributed by atoms with van der Waals surface area (Å²) in [5.41, 5.74) is -0.504. The molecular formula is C14H20ClN3O3S. The van der Waals surface area contributed by atoms with Crippen LogP contribution in [0.5, 0.6) is 0 Å². The molecule has 0 N–H and O–H groups in total. The van der Waals surface area contributed by atoms with Crippen LogP contribution < -0.4 is 0 Å². The van der Waals surface area contributed by atoms with Crippen molar-refractivity contribution in [1.82, 2.24) is 14.9 Å². The number of aromatic nitrogens is 2. The molecule has 1 aliphatic rings. The number of rotatable bonds is 3. The van der Waals surface area contributed by atoms with Crippen LogP contribution in [0.25, 0.3) is 0 Å². The van der Waals surface area contributed by atoms with Crippen molar-refractivity contribution in [2.45, 2.75) is 37.8 Å². The van der Waals surface area contributed by atoms with Gasteiger partial charge in [-0.1, -0.05) is 11.6 Å². The number of amides is 1. The summed E-state index contributed by atoms with van der Waals surface area (Å²) in [6, 6.07) is 1.51. The van der Waals surface area contributed by atoms with Crippen LogP contribution in [-0.4, -0.2) is 49.6 Å². The Morgan fingerprint density at radius 3 is 2.86 bits per heavy atom. The molecule has 122 valence electrons. The second kappa shape index (κ2) is 6.91. The largest absolute Gasteiger partial charge is 0.444 e. The lowest BCUT2D eigenvalue weighted by molar-refractivity contribution is 0.0289. The van der Waals surface area contributed by atoms with Crippen molar-refractivity contribution in [3.8, 4) is 0 Å². The first-order valence-corrected chi connectivity index (χ1v) is 8.78. The fourth-order valence-corrected chi connectivity index (χ4v) is 3.69. The highest BCUT2D eigenvalue weighted by molar-refractivity contribution is 7.85. The first kappa shape index (κ1) is 17.1. The van der Waals surface area contributed by atoms with Crippen molar-refractivity contribution in [3.63, 3.8) is 0 Å². The Morgan fingerprint density at radius 2 is 2.23 bits per heavy atom. The summed E-state index contributed by atoms with van der Waals surface area (Å²) in [6.07, 6.45) is 1.80. The Labute approximate surface area is 137 Å². The number of ether oxygens (including phenoxy) is 1. The third-order valence-corrected chi connectivity index (χ3v) is 4.84. The average Bonchev–Trinajstić information content (AvgIpc) is 2.85. The van der Waals surface area contributed by atoms with E-state index in [1.165, 1.54) is 12.4 Å². The van der Waals surface area contributed by atoms with E-state index in [2.05, 4.69) is 9.97 Å². The number of hydrogen-bond acceptors (Lipinski definition) is 5. The number of halogens is 1. The van der Waals surface area contributed by atoms with Crippen LogP contribution in [0.2, 0.25) is 5.15 Å². The molecule has 0 aliphatic carbocycles. The highest BCUT2D eigenvalue weighted by Gasteiger charge is 2.30. The molecule has 2 atom stereocenters. The van der Waals surface area contributed by atoms with Gasteiger partial charge in [0.2, 0.25) is 0 Å². The lowest BCUT2D eigenvalue weighted by Gasteiger charge is -2.24. The number of carbonyl (C=O) groups is 1. The van der Waals surface area contributed by atoms with Crippen LogP contribution >= 0.6 is 11.6 Å². The molecule has 0 radical (unpaired) electrons. The molecule has 1 amide bonds. The van der Waals surface area contributed by atoms with Gasteiger partial charge in [-0.25, -0.2) is 14.8 Å². The minimum Gasteiger partial charge on any atom is -0.444 e. The molecular weight excluding hydrogens is 326 g/mol. The number of likely N-dealkylation sites (tertiary alicyclic amines) is 1. The molecule has 6 nitrogen and oxygen atoms in total. The number of nitrogens with zero attached hydrogens (tertiary/aromatic N) is 3. The van der Waals surface area contributed by atoms with E-state index in [1.54, 1.807) is 4.90 Å². The molecule has 1 saturated heterocycles. The molecule has 1 aromatic rings. The van der Waals surface area contributed by atoms with Gasteiger partial charge >= 0.3 is 6.09 Å². The standard InChI is InChI=1S/C14H20ClN3O3S/c1-14(2,3)21-13(19)18-5-4-10(7-18)8-22(20)12-6-11(15)16-9-17-12/h6,9-10H,4-5,7-8H2,1-3H3/t10-,22+/m1/s1. The lowest BCUT2D eigenvalue weighted by Crippen LogP contribution is -2.35. The molecule has 0 saturated carbocycles. The molecule has 1 aliphatic heterocycles. The zero-order valence-electron chi connectivity index (χ0n) is 12.9.